The minimum atomic E-state index is -1.26. The summed E-state index contributed by atoms with van der Waals surface area (Å²) in [5.41, 5.74) is 1.93. The van der Waals surface area contributed by atoms with Gasteiger partial charge < -0.3 is 30.7 Å². The van der Waals surface area contributed by atoms with Crippen molar-refractivity contribution >= 4 is 47.3 Å². The smallest absolute Gasteiger partial charge is 0.332 e. The number of unbranched alkanes of at least 4 members (excludes halogenated alkanes) is 2. The SMILES string of the molecule is CCCn1c(=O)c2c(nc(Cc3ccccc3)n2CCNCC(O)CC)n(CCc2cccc(NC(=O)C(CC(=O)O)NC(=O)CCCCCS)c2)c1=O. The summed E-state index contributed by atoms with van der Waals surface area (Å²) in [5.74, 6) is -0.925. The number of aliphatic hydroxyl groups is 1. The van der Waals surface area contributed by atoms with Crippen LogP contribution in [-0.2, 0) is 46.9 Å². The first-order valence-corrected chi connectivity index (χ1v) is 19.4. The van der Waals surface area contributed by atoms with Gasteiger partial charge in [0.2, 0.25) is 11.8 Å². The second kappa shape index (κ2) is 21.2. The third-order valence-electron chi connectivity index (χ3n) is 9.12. The zero-order valence-electron chi connectivity index (χ0n) is 31.1. The molecule has 4 rings (SSSR count). The number of nitrogens with one attached hydrogen (secondary N) is 3. The highest BCUT2D eigenvalue weighted by atomic mass is 32.1. The lowest BCUT2D eigenvalue weighted by Gasteiger charge is -2.17. The minimum absolute atomic E-state index is 0.177. The lowest BCUT2D eigenvalue weighted by molar-refractivity contribution is -0.139. The molecule has 2 aromatic carbocycles. The third kappa shape index (κ3) is 11.9. The summed E-state index contributed by atoms with van der Waals surface area (Å²) in [5, 5.41) is 28.0. The molecule has 2 atom stereocenters. The van der Waals surface area contributed by atoms with Gasteiger partial charge in [-0.2, -0.15) is 12.6 Å². The summed E-state index contributed by atoms with van der Waals surface area (Å²) in [6.07, 6.45) is 3.36. The van der Waals surface area contributed by atoms with Gasteiger partial charge >= 0.3 is 11.7 Å². The average molecular weight is 764 g/mol. The Morgan fingerprint density at radius 2 is 1.67 bits per heavy atom. The lowest BCUT2D eigenvalue weighted by Crippen LogP contribution is -2.45. The Kier molecular flexibility index (Phi) is 16.5. The highest BCUT2D eigenvalue weighted by Crippen LogP contribution is 2.18. The summed E-state index contributed by atoms with van der Waals surface area (Å²) in [6, 6.07) is 15.5. The van der Waals surface area contributed by atoms with Crippen molar-refractivity contribution in [3.63, 3.8) is 0 Å². The van der Waals surface area contributed by atoms with E-state index in [4.69, 9.17) is 4.98 Å². The Bertz CT molecular complexity index is 1980. The summed E-state index contributed by atoms with van der Waals surface area (Å²) < 4.78 is 4.67. The number of aryl methyl sites for hydroxylation is 2. The molecule has 0 aliphatic heterocycles. The number of nitrogens with zero attached hydrogens (tertiary/aromatic N) is 4. The van der Waals surface area contributed by atoms with E-state index in [1.54, 1.807) is 18.2 Å². The number of thiol groups is 1. The second-order valence-corrected chi connectivity index (χ2v) is 13.8. The van der Waals surface area contributed by atoms with E-state index in [1.165, 1.54) is 9.13 Å². The molecule has 292 valence electrons. The maximum Gasteiger partial charge on any atom is 0.332 e. The van der Waals surface area contributed by atoms with Crippen molar-refractivity contribution in [3.8, 4) is 0 Å². The number of carbonyl (C=O) groups is 3. The summed E-state index contributed by atoms with van der Waals surface area (Å²) in [6.45, 7) is 5.51. The standard InChI is InChI=1S/C39H53N7O7S/c1-3-19-46-38(52)35-36(43-32(24-27-12-7-5-8-13-27)44(35)21-18-40-26-30(47)4-2)45(39(46)53)20-17-28-14-11-15-29(23-28)41-37(51)31(25-34(49)50)42-33(48)16-9-6-10-22-54/h5,7-8,11-15,23,30-31,40,47,54H,3-4,6,9-10,16-22,24-26H2,1-2H3,(H,41,51)(H,42,48)(H,49,50). The van der Waals surface area contributed by atoms with E-state index in [9.17, 15) is 34.2 Å². The van der Waals surface area contributed by atoms with Crippen molar-refractivity contribution < 1.29 is 24.6 Å². The first-order chi connectivity index (χ1) is 26.1. The third-order valence-corrected chi connectivity index (χ3v) is 9.44. The predicted molar refractivity (Wildman–Crippen MR) is 212 cm³/mol. The molecular formula is C39H53N7O7S. The van der Waals surface area contributed by atoms with E-state index in [0.29, 0.717) is 80.2 Å². The number of carboxylic acids is 1. The number of rotatable bonds is 23. The molecule has 0 saturated carbocycles. The number of imidazole rings is 1. The van der Waals surface area contributed by atoms with E-state index >= 15 is 0 Å². The number of aliphatic carboxylic acids is 1. The number of aliphatic hydroxyl groups excluding tert-OH is 1. The molecule has 14 nitrogen and oxygen atoms in total. The Labute approximate surface area is 320 Å². The molecule has 15 heteroatoms. The predicted octanol–water partition coefficient (Wildman–Crippen LogP) is 3.35. The number of carbonyl (C=O) groups excluding carboxylic acids is 2. The second-order valence-electron chi connectivity index (χ2n) is 13.4. The highest BCUT2D eigenvalue weighted by molar-refractivity contribution is 7.80. The quantitative estimate of drug-likeness (QED) is 0.0486. The first-order valence-electron chi connectivity index (χ1n) is 18.7. The molecule has 0 spiro atoms. The van der Waals surface area contributed by atoms with Gasteiger partial charge in [0.25, 0.3) is 5.56 Å². The number of aromatic nitrogens is 4. The van der Waals surface area contributed by atoms with Crippen LogP contribution in [0.25, 0.3) is 11.2 Å². The van der Waals surface area contributed by atoms with Gasteiger partial charge in [-0.15, -0.1) is 0 Å². The van der Waals surface area contributed by atoms with Gasteiger partial charge in [0.15, 0.2) is 11.2 Å². The number of benzene rings is 2. The van der Waals surface area contributed by atoms with E-state index in [0.717, 1.165) is 24.0 Å². The molecule has 0 radical (unpaired) electrons. The van der Waals surface area contributed by atoms with E-state index in [-0.39, 0.29) is 19.5 Å². The number of amides is 2. The largest absolute Gasteiger partial charge is 0.481 e. The van der Waals surface area contributed by atoms with Gasteiger partial charge in [0.05, 0.1) is 12.5 Å². The number of carboxylic acid groups (broad SMARTS) is 1. The fourth-order valence-electron chi connectivity index (χ4n) is 6.22. The number of hydrogen-bond acceptors (Lipinski definition) is 9. The van der Waals surface area contributed by atoms with E-state index in [1.807, 2.05) is 54.8 Å². The zero-order valence-corrected chi connectivity index (χ0v) is 32.0. The molecule has 54 heavy (non-hydrogen) atoms. The Hall–Kier alpha value is -4.73. The molecule has 5 N–H and O–H groups in total. The summed E-state index contributed by atoms with van der Waals surface area (Å²) >= 11 is 4.17. The zero-order chi connectivity index (χ0) is 39.0. The van der Waals surface area contributed by atoms with Crippen molar-refractivity contribution in [1.82, 2.24) is 29.3 Å². The normalized spacial score (nSPS) is 12.4. The number of anilines is 1. The molecule has 2 unspecified atom stereocenters. The van der Waals surface area contributed by atoms with E-state index in [2.05, 4.69) is 28.6 Å². The summed E-state index contributed by atoms with van der Waals surface area (Å²) in [7, 11) is 0. The van der Waals surface area contributed by atoms with Crippen molar-refractivity contribution in [1.29, 1.82) is 0 Å². The maximum atomic E-state index is 14.0. The van der Waals surface area contributed by atoms with Crippen LogP contribution in [0, 0.1) is 0 Å². The molecule has 0 saturated heterocycles. The minimum Gasteiger partial charge on any atom is -0.481 e. The topological polar surface area (TPSA) is 190 Å². The van der Waals surface area contributed by atoms with Crippen LogP contribution < -0.4 is 27.2 Å². The molecule has 4 aromatic rings. The molecule has 0 aliphatic carbocycles. The molecule has 0 bridgehead atoms. The van der Waals surface area contributed by atoms with Crippen LogP contribution in [-0.4, -0.2) is 77.7 Å². The summed E-state index contributed by atoms with van der Waals surface area (Å²) in [4.78, 5) is 70.0. The van der Waals surface area contributed by atoms with Crippen LogP contribution in [0.15, 0.2) is 64.2 Å². The Morgan fingerprint density at radius 1 is 0.907 bits per heavy atom. The van der Waals surface area contributed by atoms with Crippen LogP contribution in [0.4, 0.5) is 5.69 Å². The van der Waals surface area contributed by atoms with Crippen molar-refractivity contribution in [3.05, 3.63) is 92.4 Å². The maximum absolute atomic E-state index is 14.0. The molecule has 2 aromatic heterocycles. The number of hydrogen-bond donors (Lipinski definition) is 6. The molecule has 2 amide bonds. The van der Waals surface area contributed by atoms with Gasteiger partial charge in [0, 0.05) is 51.3 Å². The Balaban J connectivity index is 1.61. The fourth-order valence-corrected chi connectivity index (χ4v) is 6.44. The lowest BCUT2D eigenvalue weighted by atomic mass is 10.1. The molecule has 0 aliphatic rings. The van der Waals surface area contributed by atoms with Crippen molar-refractivity contribution in [2.75, 3.05) is 24.2 Å². The van der Waals surface area contributed by atoms with Gasteiger partial charge in [-0.25, -0.2) is 9.78 Å². The van der Waals surface area contributed by atoms with E-state index < -0.39 is 47.6 Å². The van der Waals surface area contributed by atoms with Gasteiger partial charge in [-0.1, -0.05) is 62.7 Å². The van der Waals surface area contributed by atoms with Crippen LogP contribution >= 0.6 is 12.6 Å². The molecule has 0 fully saturated rings. The first kappa shape index (κ1) is 42.0. The Morgan fingerprint density at radius 3 is 2.37 bits per heavy atom. The highest BCUT2D eigenvalue weighted by Gasteiger charge is 2.25. The van der Waals surface area contributed by atoms with Crippen LogP contribution in [0.5, 0.6) is 0 Å². The fraction of sp³-hybridized carbons (Fsp3) is 0.487. The van der Waals surface area contributed by atoms with Gasteiger partial charge in [0.1, 0.15) is 11.9 Å². The van der Waals surface area contributed by atoms with Gasteiger partial charge in [-0.3, -0.25) is 28.3 Å². The molecule has 2 heterocycles. The van der Waals surface area contributed by atoms with Crippen molar-refractivity contribution in [2.45, 2.75) is 103 Å². The van der Waals surface area contributed by atoms with Crippen LogP contribution in [0.2, 0.25) is 0 Å². The number of fused-ring (bicyclic) bond motifs is 1. The van der Waals surface area contributed by atoms with Crippen LogP contribution in [0.1, 0.15) is 75.7 Å². The monoisotopic (exact) mass is 763 g/mol. The molecular weight excluding hydrogens is 711 g/mol. The van der Waals surface area contributed by atoms with Gasteiger partial charge in [-0.05, 0) is 61.1 Å². The van der Waals surface area contributed by atoms with Crippen LogP contribution in [0.3, 0.4) is 0 Å². The average Bonchev–Trinajstić information content (AvgIpc) is 3.50. The van der Waals surface area contributed by atoms with Crippen molar-refractivity contribution in [2.24, 2.45) is 0 Å².